The summed E-state index contributed by atoms with van der Waals surface area (Å²) in [5.41, 5.74) is 1.31. The Balaban J connectivity index is 0.947. The molecule has 3 aliphatic heterocycles. The van der Waals surface area contributed by atoms with Crippen molar-refractivity contribution >= 4 is 0 Å². The normalized spacial score (nSPS) is 25.4. The maximum atomic E-state index is 12.0. The summed E-state index contributed by atoms with van der Waals surface area (Å²) in [6.45, 7) is 6.54. The fourth-order valence-corrected chi connectivity index (χ4v) is 8.40. The number of nitrogens with zero attached hydrogens (tertiary/aromatic N) is 1. The number of aliphatic hydroxyl groups is 3. The second-order valence-electron chi connectivity index (χ2n) is 14.4. The number of hydrogen-bond donors (Lipinski definition) is 5. The summed E-state index contributed by atoms with van der Waals surface area (Å²) in [7, 11) is 0. The van der Waals surface area contributed by atoms with Gasteiger partial charge in [-0.15, -0.1) is 0 Å². The predicted molar refractivity (Wildman–Crippen MR) is 179 cm³/mol. The van der Waals surface area contributed by atoms with E-state index in [9.17, 15) is 20.4 Å². The number of benzene rings is 2. The number of fused-ring (bicyclic) bond motifs is 3. The van der Waals surface area contributed by atoms with Crippen LogP contribution in [0.1, 0.15) is 106 Å². The molecule has 0 amide bonds. The molecular formula is C38H59N2O5+. The van der Waals surface area contributed by atoms with Crippen LogP contribution < -0.4 is 5.32 Å². The Bertz CT molecular complexity index is 1150. The number of nitrogens with one attached hydrogen (secondary N) is 1. The van der Waals surface area contributed by atoms with Crippen LogP contribution in [-0.4, -0.2) is 76.9 Å². The molecule has 3 heterocycles. The van der Waals surface area contributed by atoms with E-state index in [4.69, 9.17) is 4.74 Å². The number of aromatic hydroxyl groups is 1. The van der Waals surface area contributed by atoms with Crippen molar-refractivity contribution in [1.82, 2.24) is 5.32 Å². The fourth-order valence-electron chi connectivity index (χ4n) is 8.40. The van der Waals surface area contributed by atoms with Crippen molar-refractivity contribution in [2.24, 2.45) is 11.8 Å². The van der Waals surface area contributed by atoms with Crippen LogP contribution in [0.4, 0.5) is 0 Å². The van der Waals surface area contributed by atoms with Crippen LogP contribution in [0.2, 0.25) is 0 Å². The molecule has 45 heavy (non-hydrogen) atoms. The first-order valence-corrected chi connectivity index (χ1v) is 18.0. The summed E-state index contributed by atoms with van der Waals surface area (Å²) in [6, 6.07) is 15.2. The lowest BCUT2D eigenvalue weighted by atomic mass is 9.80. The van der Waals surface area contributed by atoms with Crippen LogP contribution in [0.15, 0.2) is 48.5 Å². The third-order valence-electron chi connectivity index (χ3n) is 11.3. The Hall–Kier alpha value is -2.00. The summed E-state index contributed by atoms with van der Waals surface area (Å²) >= 11 is 0. The third-order valence-corrected chi connectivity index (χ3v) is 11.3. The molecule has 1 aliphatic carbocycles. The molecule has 7 nitrogen and oxygen atoms in total. The SMILES string of the molecule is OCc1cc([C@@H](O)CNCCCCCCCCC[N+]23CCC(CC2)[C@@H](OC[C@@](O)(c2ccccc2)C2CCCC2)C3)ccc1O. The van der Waals surface area contributed by atoms with Gasteiger partial charge in [-0.1, -0.05) is 74.9 Å². The molecule has 3 atom stereocenters. The maximum Gasteiger partial charge on any atom is 0.121 e. The van der Waals surface area contributed by atoms with Crippen LogP contribution in [0.25, 0.3) is 0 Å². The first-order valence-electron chi connectivity index (χ1n) is 18.0. The molecule has 2 bridgehead atoms. The molecule has 1 saturated carbocycles. The van der Waals surface area contributed by atoms with Crippen molar-refractivity contribution in [2.75, 3.05) is 45.9 Å². The number of phenols is 1. The molecule has 0 spiro atoms. The monoisotopic (exact) mass is 623 g/mol. The van der Waals surface area contributed by atoms with E-state index in [1.54, 1.807) is 12.1 Å². The molecule has 0 unspecified atom stereocenters. The molecular weight excluding hydrogens is 564 g/mol. The van der Waals surface area contributed by atoms with E-state index < -0.39 is 11.7 Å². The first kappa shape index (κ1) is 34.3. The summed E-state index contributed by atoms with van der Waals surface area (Å²) < 4.78 is 7.94. The van der Waals surface area contributed by atoms with Crippen LogP contribution >= 0.6 is 0 Å². The van der Waals surface area contributed by atoms with Gasteiger partial charge in [0.2, 0.25) is 0 Å². The Labute approximate surface area is 271 Å². The number of ether oxygens (including phenoxy) is 1. The van der Waals surface area contributed by atoms with Gasteiger partial charge in [0, 0.05) is 30.9 Å². The zero-order chi connectivity index (χ0) is 31.5. The molecule has 2 aromatic carbocycles. The summed E-state index contributed by atoms with van der Waals surface area (Å²) in [4.78, 5) is 0. The lowest BCUT2D eigenvalue weighted by Crippen LogP contribution is -2.64. The van der Waals surface area contributed by atoms with Crippen molar-refractivity contribution in [3.05, 3.63) is 65.2 Å². The Morgan fingerprint density at radius 2 is 1.58 bits per heavy atom. The van der Waals surface area contributed by atoms with Crippen molar-refractivity contribution < 1.29 is 29.6 Å². The average molecular weight is 624 g/mol. The Morgan fingerprint density at radius 3 is 2.29 bits per heavy atom. The molecule has 3 saturated heterocycles. The lowest BCUT2D eigenvalue weighted by Gasteiger charge is -2.53. The predicted octanol–water partition coefficient (Wildman–Crippen LogP) is 5.94. The van der Waals surface area contributed by atoms with E-state index in [1.807, 2.05) is 18.2 Å². The van der Waals surface area contributed by atoms with E-state index in [0.717, 1.165) is 37.9 Å². The summed E-state index contributed by atoms with van der Waals surface area (Å²) in [6.07, 6.45) is 15.5. The maximum absolute atomic E-state index is 12.0. The molecule has 4 aliphatic rings. The van der Waals surface area contributed by atoms with Crippen molar-refractivity contribution in [3.63, 3.8) is 0 Å². The number of quaternary nitrogens is 1. The van der Waals surface area contributed by atoms with Crippen molar-refractivity contribution in [3.8, 4) is 5.75 Å². The molecule has 5 N–H and O–H groups in total. The van der Waals surface area contributed by atoms with E-state index >= 15 is 0 Å². The molecule has 7 heteroatoms. The average Bonchev–Trinajstić information content (AvgIpc) is 3.63. The van der Waals surface area contributed by atoms with E-state index in [1.165, 1.54) is 94.4 Å². The van der Waals surface area contributed by atoms with E-state index in [2.05, 4.69) is 17.4 Å². The number of unbranched alkanes of at least 4 members (excludes halogenated alkanes) is 6. The summed E-state index contributed by atoms with van der Waals surface area (Å²) in [5.74, 6) is 1.01. The van der Waals surface area contributed by atoms with Gasteiger partial charge in [-0.2, -0.15) is 0 Å². The zero-order valence-corrected chi connectivity index (χ0v) is 27.4. The van der Waals surface area contributed by atoms with Gasteiger partial charge in [-0.25, -0.2) is 0 Å². The van der Waals surface area contributed by atoms with Gasteiger partial charge in [0.15, 0.2) is 0 Å². The van der Waals surface area contributed by atoms with Crippen molar-refractivity contribution in [1.29, 1.82) is 0 Å². The topological polar surface area (TPSA) is 102 Å². The Morgan fingerprint density at radius 1 is 0.889 bits per heavy atom. The van der Waals surface area contributed by atoms with Gasteiger partial charge in [0.1, 0.15) is 24.0 Å². The third kappa shape index (κ3) is 9.09. The highest BCUT2D eigenvalue weighted by Gasteiger charge is 2.48. The smallest absolute Gasteiger partial charge is 0.121 e. The molecule has 0 radical (unpaired) electrons. The van der Waals surface area contributed by atoms with Crippen LogP contribution in [-0.2, 0) is 16.9 Å². The first-order chi connectivity index (χ1) is 21.9. The number of aliphatic hydroxyl groups excluding tert-OH is 2. The van der Waals surface area contributed by atoms with Crippen LogP contribution in [0.3, 0.4) is 0 Å². The molecule has 4 fully saturated rings. The highest BCUT2D eigenvalue weighted by Crippen LogP contribution is 2.42. The zero-order valence-electron chi connectivity index (χ0n) is 27.4. The van der Waals surface area contributed by atoms with Crippen LogP contribution in [0.5, 0.6) is 5.75 Å². The van der Waals surface area contributed by atoms with Gasteiger partial charge in [-0.3, -0.25) is 0 Å². The van der Waals surface area contributed by atoms with Gasteiger partial charge in [-0.05, 0) is 67.8 Å². The van der Waals surface area contributed by atoms with E-state index in [-0.39, 0.29) is 18.5 Å². The van der Waals surface area contributed by atoms with Crippen molar-refractivity contribution in [2.45, 2.75) is 108 Å². The van der Waals surface area contributed by atoms with Crippen LogP contribution in [0, 0.1) is 11.8 Å². The second-order valence-corrected chi connectivity index (χ2v) is 14.4. The highest BCUT2D eigenvalue weighted by molar-refractivity contribution is 5.36. The summed E-state index contributed by atoms with van der Waals surface area (Å²) in [5, 5.41) is 44.7. The number of rotatable bonds is 19. The molecule has 0 aromatic heterocycles. The van der Waals surface area contributed by atoms with Gasteiger partial charge in [0.25, 0.3) is 0 Å². The molecule has 6 rings (SSSR count). The molecule has 2 aromatic rings. The second kappa shape index (κ2) is 16.7. The van der Waals surface area contributed by atoms with Gasteiger partial charge >= 0.3 is 0 Å². The van der Waals surface area contributed by atoms with E-state index in [0.29, 0.717) is 36.1 Å². The largest absolute Gasteiger partial charge is 0.508 e. The van der Waals surface area contributed by atoms with Gasteiger partial charge in [0.05, 0.1) is 39.0 Å². The minimum atomic E-state index is -0.870. The highest BCUT2D eigenvalue weighted by atomic mass is 16.5. The standard InChI is InChI=1S/C38H58N2O5/c41-28-32-25-31(17-18-35(32)42)36(43)26-39-21-11-4-2-1-3-5-12-22-40-23-19-30(20-24-40)37(27-40)45-29-38(44,34-15-9-10-16-34)33-13-7-6-8-14-33/h6-8,13-14,17-18,25,30,34,36-37,39,41,43-44H,1-5,9-12,15-16,19-24,26-29H2/p+1/t30?,36-,37-,38+,40?/m0/s1. The minimum absolute atomic E-state index is 0.0586. The quantitative estimate of drug-likeness (QED) is 0.0981. The number of hydrogen-bond acceptors (Lipinski definition) is 6. The Kier molecular flexibility index (Phi) is 12.8. The lowest BCUT2D eigenvalue weighted by molar-refractivity contribution is -0.946. The molecule has 250 valence electrons. The fraction of sp³-hybridized carbons (Fsp3) is 0.684. The number of piperidine rings is 3. The van der Waals surface area contributed by atoms with Gasteiger partial charge < -0.3 is 35.0 Å². The minimum Gasteiger partial charge on any atom is -0.508 e.